The Labute approximate surface area is 123 Å². The van der Waals surface area contributed by atoms with Gasteiger partial charge in [-0.2, -0.15) is 0 Å². The first kappa shape index (κ1) is 13.4. The van der Waals surface area contributed by atoms with Gasteiger partial charge in [-0.3, -0.25) is 0 Å². The SMILES string of the molecule is NC1(c2cc(Br)cc(OCC3CC3)c2)CCCCC1. The molecular weight excluding hydrogens is 302 g/mol. The lowest BCUT2D eigenvalue weighted by molar-refractivity contribution is 0.288. The van der Waals surface area contributed by atoms with Crippen LogP contribution in [0, 0.1) is 5.92 Å². The van der Waals surface area contributed by atoms with E-state index >= 15 is 0 Å². The van der Waals surface area contributed by atoms with Crippen LogP contribution < -0.4 is 10.5 Å². The predicted octanol–water partition coefficient (Wildman–Crippen LogP) is 4.36. The van der Waals surface area contributed by atoms with E-state index < -0.39 is 0 Å². The molecule has 19 heavy (non-hydrogen) atoms. The molecule has 0 atom stereocenters. The maximum absolute atomic E-state index is 6.61. The smallest absolute Gasteiger partial charge is 0.120 e. The van der Waals surface area contributed by atoms with E-state index in [9.17, 15) is 0 Å². The van der Waals surface area contributed by atoms with Crippen LogP contribution in [0.15, 0.2) is 22.7 Å². The van der Waals surface area contributed by atoms with Crippen LogP contribution in [0.25, 0.3) is 0 Å². The second-order valence-corrected chi connectivity index (χ2v) is 7.06. The fraction of sp³-hybridized carbons (Fsp3) is 0.625. The summed E-state index contributed by atoms with van der Waals surface area (Å²) in [4.78, 5) is 0. The fourth-order valence-electron chi connectivity index (χ4n) is 2.90. The molecule has 0 radical (unpaired) electrons. The minimum Gasteiger partial charge on any atom is -0.493 e. The summed E-state index contributed by atoms with van der Waals surface area (Å²) in [5.74, 6) is 1.75. The quantitative estimate of drug-likeness (QED) is 0.893. The zero-order valence-corrected chi connectivity index (χ0v) is 12.9. The van der Waals surface area contributed by atoms with Crippen LogP contribution in [0.4, 0.5) is 0 Å². The van der Waals surface area contributed by atoms with Crippen molar-refractivity contribution >= 4 is 15.9 Å². The van der Waals surface area contributed by atoms with Crippen molar-refractivity contribution in [1.29, 1.82) is 0 Å². The van der Waals surface area contributed by atoms with Crippen LogP contribution >= 0.6 is 15.9 Å². The topological polar surface area (TPSA) is 35.2 Å². The second-order valence-electron chi connectivity index (χ2n) is 6.15. The standard InChI is InChI=1S/C16H22BrNO/c17-14-8-13(16(18)6-2-1-3-7-16)9-15(10-14)19-11-12-4-5-12/h8-10,12H,1-7,11,18H2. The van der Waals surface area contributed by atoms with Gasteiger partial charge in [-0.25, -0.2) is 0 Å². The summed E-state index contributed by atoms with van der Waals surface area (Å²) in [5.41, 5.74) is 7.69. The lowest BCUT2D eigenvalue weighted by atomic mass is 9.77. The van der Waals surface area contributed by atoms with Gasteiger partial charge in [0.05, 0.1) is 6.61 Å². The number of hydrogen-bond acceptors (Lipinski definition) is 2. The number of hydrogen-bond donors (Lipinski definition) is 1. The molecule has 2 fully saturated rings. The minimum absolute atomic E-state index is 0.153. The summed E-state index contributed by atoms with van der Waals surface area (Å²) in [7, 11) is 0. The Hall–Kier alpha value is -0.540. The Morgan fingerprint density at radius 3 is 2.58 bits per heavy atom. The number of ether oxygens (including phenoxy) is 1. The van der Waals surface area contributed by atoms with Gasteiger partial charge < -0.3 is 10.5 Å². The molecule has 2 N–H and O–H groups in total. The van der Waals surface area contributed by atoms with E-state index in [1.165, 1.54) is 37.7 Å². The zero-order valence-electron chi connectivity index (χ0n) is 11.3. The van der Waals surface area contributed by atoms with Gasteiger partial charge in [0, 0.05) is 10.0 Å². The van der Waals surface area contributed by atoms with E-state index in [0.717, 1.165) is 35.6 Å². The zero-order chi connectivity index (χ0) is 13.3. The van der Waals surface area contributed by atoms with E-state index in [0.29, 0.717) is 0 Å². The molecule has 0 bridgehead atoms. The highest BCUT2D eigenvalue weighted by molar-refractivity contribution is 9.10. The molecule has 0 saturated heterocycles. The van der Waals surface area contributed by atoms with E-state index in [4.69, 9.17) is 10.5 Å². The van der Waals surface area contributed by atoms with Crippen LogP contribution in [0.3, 0.4) is 0 Å². The van der Waals surface area contributed by atoms with Crippen LogP contribution in [0.1, 0.15) is 50.5 Å². The lowest BCUT2D eigenvalue weighted by Crippen LogP contribution is -2.38. The Morgan fingerprint density at radius 1 is 1.16 bits per heavy atom. The van der Waals surface area contributed by atoms with Gasteiger partial charge in [0.15, 0.2) is 0 Å². The largest absolute Gasteiger partial charge is 0.493 e. The molecule has 1 aromatic carbocycles. The number of nitrogens with two attached hydrogens (primary N) is 1. The summed E-state index contributed by atoms with van der Waals surface area (Å²) in [6.07, 6.45) is 8.61. The van der Waals surface area contributed by atoms with Crippen molar-refractivity contribution in [1.82, 2.24) is 0 Å². The van der Waals surface area contributed by atoms with Crippen LogP contribution in [-0.4, -0.2) is 6.61 Å². The molecule has 0 spiro atoms. The molecule has 104 valence electrons. The summed E-state index contributed by atoms with van der Waals surface area (Å²) in [6.45, 7) is 0.855. The highest BCUT2D eigenvalue weighted by Crippen LogP contribution is 2.38. The van der Waals surface area contributed by atoms with Crippen LogP contribution in [0.2, 0.25) is 0 Å². The van der Waals surface area contributed by atoms with Crippen molar-refractivity contribution < 1.29 is 4.74 Å². The first-order valence-corrected chi connectivity index (χ1v) is 8.18. The van der Waals surface area contributed by atoms with Gasteiger partial charge in [-0.15, -0.1) is 0 Å². The molecule has 2 aliphatic rings. The Kier molecular flexibility index (Phi) is 3.86. The summed E-state index contributed by atoms with van der Waals surface area (Å²) >= 11 is 3.59. The molecule has 0 aliphatic heterocycles. The molecule has 3 rings (SSSR count). The third-order valence-corrected chi connectivity index (χ3v) is 4.83. The molecule has 2 aliphatic carbocycles. The van der Waals surface area contributed by atoms with E-state index in [2.05, 4.69) is 34.1 Å². The Balaban J connectivity index is 1.79. The first-order valence-electron chi connectivity index (χ1n) is 7.38. The Bertz CT molecular complexity index is 450. The normalized spacial score (nSPS) is 22.2. The van der Waals surface area contributed by atoms with Crippen molar-refractivity contribution in [3.05, 3.63) is 28.2 Å². The summed E-state index contributed by atoms with van der Waals surface area (Å²) in [5, 5.41) is 0. The third kappa shape index (κ3) is 3.32. The second kappa shape index (κ2) is 5.45. The van der Waals surface area contributed by atoms with E-state index in [-0.39, 0.29) is 5.54 Å². The molecule has 0 unspecified atom stereocenters. The van der Waals surface area contributed by atoms with Gasteiger partial charge in [0.1, 0.15) is 5.75 Å². The molecule has 2 saturated carbocycles. The fourth-order valence-corrected chi connectivity index (χ4v) is 3.38. The Morgan fingerprint density at radius 2 is 1.89 bits per heavy atom. The lowest BCUT2D eigenvalue weighted by Gasteiger charge is -2.34. The molecule has 2 nitrogen and oxygen atoms in total. The molecular formula is C16H22BrNO. The average molecular weight is 324 g/mol. The molecule has 3 heteroatoms. The van der Waals surface area contributed by atoms with E-state index in [1.54, 1.807) is 0 Å². The predicted molar refractivity (Wildman–Crippen MR) is 81.3 cm³/mol. The molecule has 1 aromatic rings. The first-order chi connectivity index (χ1) is 9.16. The number of halogens is 1. The van der Waals surface area contributed by atoms with Gasteiger partial charge in [0.2, 0.25) is 0 Å². The molecule has 0 amide bonds. The average Bonchev–Trinajstić information content (AvgIpc) is 3.21. The van der Waals surface area contributed by atoms with Gasteiger partial charge in [-0.1, -0.05) is 35.2 Å². The number of benzene rings is 1. The monoisotopic (exact) mass is 323 g/mol. The summed E-state index contributed by atoms with van der Waals surface area (Å²) in [6, 6.07) is 6.37. The number of rotatable bonds is 4. The van der Waals surface area contributed by atoms with Crippen molar-refractivity contribution in [2.45, 2.75) is 50.5 Å². The maximum atomic E-state index is 6.61. The van der Waals surface area contributed by atoms with Gasteiger partial charge >= 0.3 is 0 Å². The highest BCUT2D eigenvalue weighted by Gasteiger charge is 2.30. The molecule has 0 heterocycles. The van der Waals surface area contributed by atoms with Crippen molar-refractivity contribution in [3.63, 3.8) is 0 Å². The highest BCUT2D eigenvalue weighted by atomic mass is 79.9. The van der Waals surface area contributed by atoms with Crippen LogP contribution in [-0.2, 0) is 5.54 Å². The minimum atomic E-state index is -0.153. The van der Waals surface area contributed by atoms with Gasteiger partial charge in [0.25, 0.3) is 0 Å². The van der Waals surface area contributed by atoms with Crippen LogP contribution in [0.5, 0.6) is 5.75 Å². The summed E-state index contributed by atoms with van der Waals surface area (Å²) < 4.78 is 6.98. The molecule has 0 aromatic heterocycles. The van der Waals surface area contributed by atoms with Crippen molar-refractivity contribution in [3.8, 4) is 5.75 Å². The van der Waals surface area contributed by atoms with Crippen molar-refractivity contribution in [2.24, 2.45) is 11.7 Å². The van der Waals surface area contributed by atoms with Gasteiger partial charge in [-0.05, 0) is 55.4 Å². The third-order valence-electron chi connectivity index (χ3n) is 4.37. The van der Waals surface area contributed by atoms with Crippen molar-refractivity contribution in [2.75, 3.05) is 6.61 Å². The van der Waals surface area contributed by atoms with E-state index in [1.807, 2.05) is 0 Å². The maximum Gasteiger partial charge on any atom is 0.120 e.